The minimum absolute atomic E-state index is 0.0947. The number of carbonyl (C=O) groups is 3. The van der Waals surface area contributed by atoms with Crippen molar-refractivity contribution < 1.29 is 24.2 Å². The van der Waals surface area contributed by atoms with E-state index in [0.717, 1.165) is 5.69 Å². The molecule has 2 amide bonds. The Morgan fingerprint density at radius 2 is 1.84 bits per heavy atom. The molecule has 1 aliphatic heterocycles. The minimum atomic E-state index is -1.43. The van der Waals surface area contributed by atoms with Crippen LogP contribution in [0.1, 0.15) is 37.6 Å². The number of carbonyl (C=O) groups excluding carboxylic acids is 2. The second kappa shape index (κ2) is 6.62. The zero-order valence-corrected chi connectivity index (χ0v) is 14.5. The fourth-order valence-electron chi connectivity index (χ4n) is 2.70. The predicted molar refractivity (Wildman–Crippen MR) is 91.5 cm³/mol. The molecule has 0 aromatic heterocycles. The summed E-state index contributed by atoms with van der Waals surface area (Å²) in [5.74, 6) is -1.64. The summed E-state index contributed by atoms with van der Waals surface area (Å²) < 4.78 is 5.17. The third-order valence-electron chi connectivity index (χ3n) is 3.94. The molecule has 1 aromatic rings. The first-order valence-corrected chi connectivity index (χ1v) is 7.92. The number of aliphatic carboxylic acids is 1. The topological polar surface area (TPSA) is 122 Å². The van der Waals surface area contributed by atoms with E-state index in [9.17, 15) is 19.5 Å². The molecule has 1 fully saturated rings. The zero-order chi connectivity index (χ0) is 18.8. The van der Waals surface area contributed by atoms with Crippen molar-refractivity contribution in [3.8, 4) is 0 Å². The van der Waals surface area contributed by atoms with Crippen molar-refractivity contribution in [2.24, 2.45) is 5.73 Å². The fourth-order valence-corrected chi connectivity index (χ4v) is 2.70. The van der Waals surface area contributed by atoms with E-state index >= 15 is 0 Å². The first-order valence-electron chi connectivity index (χ1n) is 7.92. The minimum Gasteiger partial charge on any atom is -0.479 e. The molecule has 0 radical (unpaired) electrons. The van der Waals surface area contributed by atoms with Gasteiger partial charge in [-0.25, -0.2) is 9.59 Å². The van der Waals surface area contributed by atoms with Crippen LogP contribution in [0.4, 0.5) is 10.5 Å². The molecule has 0 saturated carbocycles. The van der Waals surface area contributed by atoms with Crippen molar-refractivity contribution in [3.05, 3.63) is 29.8 Å². The lowest BCUT2D eigenvalue weighted by molar-refractivity contribution is -0.143. The Bertz CT molecular complexity index is 681. The number of anilines is 1. The van der Waals surface area contributed by atoms with Crippen molar-refractivity contribution in [2.75, 3.05) is 18.0 Å². The SMILES string of the molecule is CC(C)(C)OC(=O)NC1(C(=O)O)CCN(c2ccc(C(N)=O)cc2)C1. The maximum atomic E-state index is 12.0. The number of alkyl carbamates (subject to hydrolysis) is 1. The molecular formula is C17H23N3O5. The number of carboxylic acid groups (broad SMARTS) is 1. The number of rotatable bonds is 4. The summed E-state index contributed by atoms with van der Waals surface area (Å²) in [7, 11) is 0. The Hall–Kier alpha value is -2.77. The van der Waals surface area contributed by atoms with Gasteiger partial charge in [-0.1, -0.05) is 0 Å². The van der Waals surface area contributed by atoms with Crippen LogP contribution in [0.3, 0.4) is 0 Å². The van der Waals surface area contributed by atoms with Crippen LogP contribution in [0.15, 0.2) is 24.3 Å². The summed E-state index contributed by atoms with van der Waals surface area (Å²) in [5.41, 5.74) is 4.20. The molecule has 1 heterocycles. The zero-order valence-electron chi connectivity index (χ0n) is 14.5. The molecule has 25 heavy (non-hydrogen) atoms. The average Bonchev–Trinajstić information content (AvgIpc) is 2.90. The maximum Gasteiger partial charge on any atom is 0.408 e. The Morgan fingerprint density at radius 3 is 2.32 bits per heavy atom. The largest absolute Gasteiger partial charge is 0.479 e. The first-order chi connectivity index (χ1) is 11.5. The molecule has 4 N–H and O–H groups in total. The van der Waals surface area contributed by atoms with Crippen molar-refractivity contribution >= 4 is 23.7 Å². The number of nitrogens with zero attached hydrogens (tertiary/aromatic N) is 1. The highest BCUT2D eigenvalue weighted by Gasteiger charge is 2.47. The highest BCUT2D eigenvalue weighted by molar-refractivity contribution is 5.93. The highest BCUT2D eigenvalue weighted by atomic mass is 16.6. The fraction of sp³-hybridized carbons (Fsp3) is 0.471. The van der Waals surface area contributed by atoms with Crippen LogP contribution in [-0.4, -0.2) is 47.3 Å². The Morgan fingerprint density at radius 1 is 1.24 bits per heavy atom. The van der Waals surface area contributed by atoms with Gasteiger partial charge in [-0.3, -0.25) is 4.79 Å². The summed E-state index contributed by atoms with van der Waals surface area (Å²) in [6.07, 6.45) is -0.528. The smallest absolute Gasteiger partial charge is 0.408 e. The van der Waals surface area contributed by atoms with Crippen LogP contribution in [0.5, 0.6) is 0 Å². The van der Waals surface area contributed by atoms with Gasteiger partial charge in [-0.05, 0) is 45.0 Å². The van der Waals surface area contributed by atoms with E-state index in [1.54, 1.807) is 45.0 Å². The Balaban J connectivity index is 2.13. The van der Waals surface area contributed by atoms with E-state index in [4.69, 9.17) is 10.5 Å². The van der Waals surface area contributed by atoms with Gasteiger partial charge in [0.1, 0.15) is 5.60 Å². The van der Waals surface area contributed by atoms with E-state index in [0.29, 0.717) is 12.1 Å². The number of primary amides is 1. The maximum absolute atomic E-state index is 12.0. The van der Waals surface area contributed by atoms with Crippen molar-refractivity contribution in [3.63, 3.8) is 0 Å². The summed E-state index contributed by atoms with van der Waals surface area (Å²) >= 11 is 0. The van der Waals surface area contributed by atoms with Crippen LogP contribution in [0.2, 0.25) is 0 Å². The quantitative estimate of drug-likeness (QED) is 0.754. The lowest BCUT2D eigenvalue weighted by Crippen LogP contribution is -2.57. The van der Waals surface area contributed by atoms with Gasteiger partial charge in [-0.2, -0.15) is 0 Å². The molecule has 8 nitrogen and oxygen atoms in total. The van der Waals surface area contributed by atoms with E-state index in [-0.39, 0.29) is 13.0 Å². The molecule has 136 valence electrons. The van der Waals surface area contributed by atoms with Gasteiger partial charge in [0, 0.05) is 24.2 Å². The van der Waals surface area contributed by atoms with Gasteiger partial charge < -0.3 is 25.8 Å². The number of hydrogen-bond acceptors (Lipinski definition) is 5. The molecule has 1 aliphatic rings. The highest BCUT2D eigenvalue weighted by Crippen LogP contribution is 2.28. The standard InChI is InChI=1S/C17H23N3O5/c1-16(2,3)25-15(24)19-17(14(22)23)8-9-20(10-17)12-6-4-11(5-7-12)13(18)21/h4-7H,8-10H2,1-3H3,(H2,18,21)(H,19,24)(H,22,23). The second-order valence-corrected chi connectivity index (χ2v) is 7.10. The first kappa shape index (κ1) is 18.6. The normalized spacial score (nSPS) is 20.2. The molecule has 1 saturated heterocycles. The van der Waals surface area contributed by atoms with Gasteiger partial charge in [0.25, 0.3) is 0 Å². The van der Waals surface area contributed by atoms with Gasteiger partial charge >= 0.3 is 12.1 Å². The monoisotopic (exact) mass is 349 g/mol. The molecule has 2 rings (SSSR count). The molecule has 1 aromatic carbocycles. The summed E-state index contributed by atoms with van der Waals surface area (Å²) in [6.45, 7) is 5.67. The van der Waals surface area contributed by atoms with Gasteiger partial charge in [0.05, 0.1) is 6.54 Å². The number of benzene rings is 1. The number of hydrogen-bond donors (Lipinski definition) is 3. The number of nitrogens with one attached hydrogen (secondary N) is 1. The van der Waals surface area contributed by atoms with Crippen molar-refractivity contribution in [1.29, 1.82) is 0 Å². The lowest BCUT2D eigenvalue weighted by atomic mass is 9.99. The van der Waals surface area contributed by atoms with Crippen LogP contribution in [0.25, 0.3) is 0 Å². The predicted octanol–water partition coefficient (Wildman–Crippen LogP) is 1.34. The average molecular weight is 349 g/mol. The van der Waals surface area contributed by atoms with Crippen LogP contribution < -0.4 is 16.0 Å². The van der Waals surface area contributed by atoms with E-state index in [2.05, 4.69) is 5.32 Å². The third kappa shape index (κ3) is 4.40. The third-order valence-corrected chi connectivity index (χ3v) is 3.94. The number of amides is 2. The van der Waals surface area contributed by atoms with E-state index in [1.807, 2.05) is 4.90 Å². The molecule has 1 atom stereocenters. The van der Waals surface area contributed by atoms with Crippen molar-refractivity contribution in [2.45, 2.75) is 38.3 Å². The van der Waals surface area contributed by atoms with Gasteiger partial charge in [0.2, 0.25) is 5.91 Å². The van der Waals surface area contributed by atoms with Crippen LogP contribution in [-0.2, 0) is 9.53 Å². The summed E-state index contributed by atoms with van der Waals surface area (Å²) in [6, 6.07) is 6.57. The van der Waals surface area contributed by atoms with E-state index < -0.39 is 29.1 Å². The molecule has 0 aliphatic carbocycles. The number of nitrogens with two attached hydrogens (primary N) is 1. The molecule has 0 spiro atoms. The molecular weight excluding hydrogens is 326 g/mol. The summed E-state index contributed by atoms with van der Waals surface area (Å²) in [5, 5.41) is 12.1. The summed E-state index contributed by atoms with van der Waals surface area (Å²) in [4.78, 5) is 36.8. The molecule has 8 heteroatoms. The number of carboxylic acids is 1. The molecule has 0 bridgehead atoms. The molecule has 1 unspecified atom stereocenters. The number of ether oxygens (including phenoxy) is 1. The second-order valence-electron chi connectivity index (χ2n) is 7.10. The van der Waals surface area contributed by atoms with Crippen LogP contribution in [0, 0.1) is 0 Å². The Labute approximate surface area is 145 Å². The Kier molecular flexibility index (Phi) is 4.92. The van der Waals surface area contributed by atoms with Gasteiger partial charge in [0.15, 0.2) is 5.54 Å². The van der Waals surface area contributed by atoms with Crippen molar-refractivity contribution in [1.82, 2.24) is 5.32 Å². The lowest BCUT2D eigenvalue weighted by Gasteiger charge is -2.28. The van der Waals surface area contributed by atoms with E-state index in [1.165, 1.54) is 0 Å². The van der Waals surface area contributed by atoms with Gasteiger partial charge in [-0.15, -0.1) is 0 Å². The van der Waals surface area contributed by atoms with Crippen LogP contribution >= 0.6 is 0 Å².